The van der Waals surface area contributed by atoms with Crippen LogP contribution in [0.5, 0.6) is 0 Å². The smallest absolute Gasteiger partial charge is 0.200 e. The molecule has 1 saturated heterocycles. The maximum atomic E-state index is 14.8. The fourth-order valence-electron chi connectivity index (χ4n) is 4.70. The Labute approximate surface area is 181 Å². The number of unbranched alkanes of at least 4 members (excludes halogenated alkanes) is 2. The third-order valence-electron chi connectivity index (χ3n) is 6.17. The Morgan fingerprint density at radius 1 is 0.806 bits per heavy atom. The van der Waals surface area contributed by atoms with Gasteiger partial charge in [-0.1, -0.05) is 39.5 Å². The lowest BCUT2D eigenvalue weighted by Gasteiger charge is -2.30. The molecule has 0 radical (unpaired) electrons. The lowest BCUT2D eigenvalue weighted by atomic mass is 9.81. The molecule has 3 nitrogen and oxygen atoms in total. The van der Waals surface area contributed by atoms with E-state index in [1.165, 1.54) is 0 Å². The highest BCUT2D eigenvalue weighted by Gasteiger charge is 2.45. The number of hydrogen-bond acceptors (Lipinski definition) is 3. The zero-order valence-electron chi connectivity index (χ0n) is 18.7. The van der Waals surface area contributed by atoms with Crippen molar-refractivity contribution < 1.29 is 31.4 Å². The summed E-state index contributed by atoms with van der Waals surface area (Å²) in [4.78, 5) is 1.84. The molecule has 3 atom stereocenters. The molecule has 31 heavy (non-hydrogen) atoms. The summed E-state index contributed by atoms with van der Waals surface area (Å²) in [5, 5.41) is 0. The zero-order valence-corrected chi connectivity index (χ0v) is 18.7. The van der Waals surface area contributed by atoms with Gasteiger partial charge in [0.2, 0.25) is 5.82 Å². The van der Waals surface area contributed by atoms with Gasteiger partial charge in [0.15, 0.2) is 23.3 Å². The van der Waals surface area contributed by atoms with Crippen LogP contribution in [0.15, 0.2) is 0 Å². The molecule has 1 heterocycles. The van der Waals surface area contributed by atoms with Crippen LogP contribution < -0.4 is 0 Å². The largest absolute Gasteiger partial charge is 0.382 e. The fraction of sp³-hybridized carbons (Fsp3) is 0.739. The third kappa shape index (κ3) is 6.17. The van der Waals surface area contributed by atoms with Crippen LogP contribution in [0, 0.1) is 40.9 Å². The number of likely N-dealkylation sites (tertiary alicyclic amines) is 1. The van der Waals surface area contributed by atoms with Gasteiger partial charge < -0.3 is 9.47 Å². The zero-order chi connectivity index (χ0) is 23.0. The van der Waals surface area contributed by atoms with E-state index in [-0.39, 0.29) is 18.4 Å². The maximum absolute atomic E-state index is 14.8. The molecule has 0 spiro atoms. The molecular formula is C23H34F5NO2. The van der Waals surface area contributed by atoms with Gasteiger partial charge in [0.1, 0.15) is 0 Å². The molecule has 0 aromatic heterocycles. The molecule has 178 valence electrons. The van der Waals surface area contributed by atoms with Crippen molar-refractivity contribution >= 4 is 0 Å². The predicted octanol–water partition coefficient (Wildman–Crippen LogP) is 6.01. The van der Waals surface area contributed by atoms with Crippen molar-refractivity contribution in [2.24, 2.45) is 11.8 Å². The van der Waals surface area contributed by atoms with Gasteiger partial charge in [-0.15, -0.1) is 0 Å². The minimum atomic E-state index is -2.11. The van der Waals surface area contributed by atoms with E-state index in [1.807, 2.05) is 11.8 Å². The first-order chi connectivity index (χ1) is 14.9. The molecule has 8 heteroatoms. The maximum Gasteiger partial charge on any atom is 0.200 e. The van der Waals surface area contributed by atoms with Crippen LogP contribution in [0.1, 0.15) is 64.0 Å². The minimum Gasteiger partial charge on any atom is -0.382 e. The van der Waals surface area contributed by atoms with Crippen molar-refractivity contribution in [3.05, 3.63) is 34.6 Å². The summed E-state index contributed by atoms with van der Waals surface area (Å²) >= 11 is 0. The Morgan fingerprint density at radius 3 is 2.03 bits per heavy atom. The van der Waals surface area contributed by atoms with Crippen LogP contribution in [0.4, 0.5) is 22.0 Å². The van der Waals surface area contributed by atoms with Gasteiger partial charge in [0.05, 0.1) is 19.8 Å². The van der Waals surface area contributed by atoms with Crippen LogP contribution in [0.2, 0.25) is 0 Å². The van der Waals surface area contributed by atoms with Crippen LogP contribution in [-0.2, 0) is 9.47 Å². The summed E-state index contributed by atoms with van der Waals surface area (Å²) in [5.41, 5.74) is -0.704. The van der Waals surface area contributed by atoms with Gasteiger partial charge >= 0.3 is 0 Å². The molecule has 3 unspecified atom stereocenters. The van der Waals surface area contributed by atoms with Crippen molar-refractivity contribution in [1.29, 1.82) is 0 Å². The first-order valence-electron chi connectivity index (χ1n) is 11.2. The van der Waals surface area contributed by atoms with Crippen LogP contribution in [-0.4, -0.2) is 44.9 Å². The second kappa shape index (κ2) is 12.7. The summed E-state index contributed by atoms with van der Waals surface area (Å²) in [6.45, 7) is 6.03. The van der Waals surface area contributed by atoms with Crippen molar-refractivity contribution in [3.63, 3.8) is 0 Å². The molecule has 1 aliphatic rings. The van der Waals surface area contributed by atoms with Gasteiger partial charge in [-0.25, -0.2) is 22.0 Å². The van der Waals surface area contributed by atoms with E-state index >= 15 is 0 Å². The normalized spacial score (nSPS) is 21.9. The predicted molar refractivity (Wildman–Crippen MR) is 109 cm³/mol. The standard InChI is InChI=1S/C23H34F5NO2/c1-4-6-7-9-15-14-29(10-11-31-13-12-30-3)23(16(15)8-5-2)17-18(24)20(26)22(28)21(27)19(17)25/h15-16,23H,4-14H2,1-3H3. The van der Waals surface area contributed by atoms with E-state index in [2.05, 4.69) is 6.92 Å². The number of nitrogens with zero attached hydrogens (tertiary/aromatic N) is 1. The van der Waals surface area contributed by atoms with Gasteiger partial charge in [-0.2, -0.15) is 0 Å². The lowest BCUT2D eigenvalue weighted by molar-refractivity contribution is 0.0524. The molecule has 0 bridgehead atoms. The average Bonchev–Trinajstić information content (AvgIpc) is 3.08. The van der Waals surface area contributed by atoms with E-state index in [9.17, 15) is 22.0 Å². The second-order valence-corrected chi connectivity index (χ2v) is 8.24. The SMILES string of the molecule is CCCCCC1CN(CCOCCOC)C(c2c(F)c(F)c(F)c(F)c2F)C1CCC. The van der Waals surface area contributed by atoms with Crippen molar-refractivity contribution in [1.82, 2.24) is 4.90 Å². The molecular weight excluding hydrogens is 417 g/mol. The number of ether oxygens (including phenoxy) is 2. The highest BCUT2D eigenvalue weighted by molar-refractivity contribution is 5.29. The lowest BCUT2D eigenvalue weighted by Crippen LogP contribution is -2.31. The quantitative estimate of drug-likeness (QED) is 0.159. The molecule has 1 aromatic rings. The Bertz CT molecular complexity index is 674. The first kappa shape index (κ1) is 26.0. The van der Waals surface area contributed by atoms with E-state index in [4.69, 9.17) is 9.47 Å². The van der Waals surface area contributed by atoms with E-state index in [1.54, 1.807) is 7.11 Å². The summed E-state index contributed by atoms with van der Waals surface area (Å²) in [6.07, 6.45) is 5.35. The third-order valence-corrected chi connectivity index (χ3v) is 6.17. The minimum absolute atomic E-state index is 0.130. The number of methoxy groups -OCH3 is 1. The summed E-state index contributed by atoms with van der Waals surface area (Å²) in [7, 11) is 1.55. The summed E-state index contributed by atoms with van der Waals surface area (Å²) in [6, 6.07) is -0.873. The molecule has 1 fully saturated rings. The number of halogens is 5. The molecule has 0 N–H and O–H groups in total. The number of benzene rings is 1. The van der Waals surface area contributed by atoms with Crippen LogP contribution >= 0.6 is 0 Å². The molecule has 2 rings (SSSR count). The van der Waals surface area contributed by atoms with Crippen LogP contribution in [0.3, 0.4) is 0 Å². The van der Waals surface area contributed by atoms with Crippen molar-refractivity contribution in [2.45, 2.75) is 58.4 Å². The first-order valence-corrected chi connectivity index (χ1v) is 11.2. The van der Waals surface area contributed by atoms with E-state index < -0.39 is 40.7 Å². The van der Waals surface area contributed by atoms with Gasteiger partial charge in [0.25, 0.3) is 0 Å². The number of hydrogen-bond donors (Lipinski definition) is 0. The Balaban J connectivity index is 2.38. The molecule has 1 aromatic carbocycles. The van der Waals surface area contributed by atoms with Crippen LogP contribution in [0.25, 0.3) is 0 Å². The van der Waals surface area contributed by atoms with Gasteiger partial charge in [0, 0.05) is 31.8 Å². The van der Waals surface area contributed by atoms with E-state index in [0.717, 1.165) is 32.1 Å². The average molecular weight is 452 g/mol. The Hall–Kier alpha value is -1.25. The number of rotatable bonds is 13. The van der Waals surface area contributed by atoms with Crippen molar-refractivity contribution in [2.75, 3.05) is 40.0 Å². The topological polar surface area (TPSA) is 21.7 Å². The summed E-state index contributed by atoms with van der Waals surface area (Å²) < 4.78 is 81.7. The highest BCUT2D eigenvalue weighted by atomic mass is 19.2. The molecule has 1 aliphatic heterocycles. The molecule has 0 saturated carbocycles. The fourth-order valence-corrected chi connectivity index (χ4v) is 4.70. The molecule has 0 aliphatic carbocycles. The Kier molecular flexibility index (Phi) is 10.7. The van der Waals surface area contributed by atoms with Gasteiger partial charge in [-0.3, -0.25) is 4.90 Å². The molecule has 0 amide bonds. The van der Waals surface area contributed by atoms with Crippen molar-refractivity contribution in [3.8, 4) is 0 Å². The van der Waals surface area contributed by atoms with Gasteiger partial charge in [-0.05, 0) is 24.7 Å². The second-order valence-electron chi connectivity index (χ2n) is 8.24. The highest BCUT2D eigenvalue weighted by Crippen LogP contribution is 2.47. The Morgan fingerprint density at radius 2 is 1.45 bits per heavy atom. The summed E-state index contributed by atoms with van der Waals surface area (Å²) in [5.74, 6) is -9.37. The van der Waals surface area contributed by atoms with E-state index in [0.29, 0.717) is 32.7 Å². The monoisotopic (exact) mass is 451 g/mol.